The number of rotatable bonds is 2. The monoisotopic (exact) mass is 297 g/mol. The highest BCUT2D eigenvalue weighted by Gasteiger charge is 2.31. The molecule has 0 spiro atoms. The largest absolute Gasteiger partial charge is 0.423 e. The minimum atomic E-state index is -4.42. The number of hydrogen-bond donors (Lipinski definition) is 1. The smallest absolute Gasteiger partial charge is 0.416 e. The van der Waals surface area contributed by atoms with Gasteiger partial charge in [0.25, 0.3) is 0 Å². The van der Waals surface area contributed by atoms with Crippen molar-refractivity contribution in [3.05, 3.63) is 29.6 Å². The number of benzene rings is 1. The van der Waals surface area contributed by atoms with E-state index in [9.17, 15) is 13.2 Å². The maximum absolute atomic E-state index is 12.6. The van der Waals surface area contributed by atoms with Gasteiger partial charge in [-0.1, -0.05) is 0 Å². The molecule has 2 aromatic heterocycles. The van der Waals surface area contributed by atoms with Crippen LogP contribution in [0.2, 0.25) is 0 Å². The van der Waals surface area contributed by atoms with Crippen LogP contribution in [-0.4, -0.2) is 19.7 Å². The van der Waals surface area contributed by atoms with Gasteiger partial charge in [0.1, 0.15) is 11.3 Å². The number of anilines is 2. The molecule has 3 rings (SSSR count). The summed E-state index contributed by atoms with van der Waals surface area (Å²) in [5, 5.41) is 10.5. The van der Waals surface area contributed by atoms with Crippen molar-refractivity contribution < 1.29 is 17.6 Å². The molecule has 1 aromatic carbocycles. The maximum Gasteiger partial charge on any atom is 0.416 e. The van der Waals surface area contributed by atoms with Crippen molar-refractivity contribution >= 4 is 23.1 Å². The third-order valence-electron chi connectivity index (χ3n) is 3.03. The van der Waals surface area contributed by atoms with Gasteiger partial charge in [-0.3, -0.25) is 5.32 Å². The summed E-state index contributed by atoms with van der Waals surface area (Å²) in [6.07, 6.45) is -4.42. The molecular formula is C12H10F3N5O. The third-order valence-corrected chi connectivity index (χ3v) is 3.03. The molecule has 0 aliphatic carbocycles. The Balaban J connectivity index is 1.96. The van der Waals surface area contributed by atoms with Crippen molar-refractivity contribution in [3.8, 4) is 0 Å². The highest BCUT2D eigenvalue weighted by Crippen LogP contribution is 2.32. The fourth-order valence-electron chi connectivity index (χ4n) is 1.77. The van der Waals surface area contributed by atoms with E-state index in [0.717, 1.165) is 12.1 Å². The van der Waals surface area contributed by atoms with Crippen molar-refractivity contribution in [3.63, 3.8) is 0 Å². The Morgan fingerprint density at radius 2 is 2.00 bits per heavy atom. The first-order valence-corrected chi connectivity index (χ1v) is 5.95. The molecule has 0 saturated carbocycles. The van der Waals surface area contributed by atoms with E-state index < -0.39 is 11.7 Å². The topological polar surface area (TPSA) is 68.8 Å². The number of aromatic nitrogens is 4. The second-order valence-electron chi connectivity index (χ2n) is 4.45. The van der Waals surface area contributed by atoms with Crippen LogP contribution in [-0.2, 0) is 13.2 Å². The van der Waals surface area contributed by atoms with Crippen molar-refractivity contribution in [2.75, 3.05) is 5.32 Å². The lowest BCUT2D eigenvalue weighted by atomic mass is 10.2. The van der Waals surface area contributed by atoms with Gasteiger partial charge in [0.05, 0.1) is 5.56 Å². The van der Waals surface area contributed by atoms with Crippen LogP contribution < -0.4 is 5.32 Å². The number of fused-ring (bicyclic) bond motifs is 1. The molecule has 0 aliphatic heterocycles. The molecule has 0 fully saturated rings. The number of nitrogens with one attached hydrogen (secondary N) is 1. The number of alkyl halides is 3. The molecule has 6 nitrogen and oxygen atoms in total. The summed E-state index contributed by atoms with van der Waals surface area (Å²) in [7, 11) is 1.74. The zero-order chi connectivity index (χ0) is 15.2. The van der Waals surface area contributed by atoms with Crippen LogP contribution in [0.15, 0.2) is 22.6 Å². The quantitative estimate of drug-likeness (QED) is 0.787. The highest BCUT2D eigenvalue weighted by atomic mass is 19.4. The Kier molecular flexibility index (Phi) is 2.85. The predicted octanol–water partition coefficient (Wildman–Crippen LogP) is 3.03. The van der Waals surface area contributed by atoms with Crippen molar-refractivity contribution in [1.82, 2.24) is 19.7 Å². The van der Waals surface area contributed by atoms with Crippen molar-refractivity contribution in [1.29, 1.82) is 0 Å². The first-order chi connectivity index (χ1) is 9.84. The van der Waals surface area contributed by atoms with E-state index in [1.165, 1.54) is 6.07 Å². The third kappa shape index (κ3) is 2.41. The van der Waals surface area contributed by atoms with Gasteiger partial charge in [0.15, 0.2) is 5.58 Å². The van der Waals surface area contributed by atoms with Crippen LogP contribution in [0.5, 0.6) is 0 Å². The standard InChI is InChI=1S/C12H10F3N5O/c1-6-18-19-10(20(6)2)17-11-16-8-5-7(12(13,14)15)3-4-9(8)21-11/h3-5H,1-2H3,(H,16,17,19). The average molecular weight is 297 g/mol. The molecule has 1 N–H and O–H groups in total. The number of oxazole rings is 1. The van der Waals surface area contributed by atoms with Crippen molar-refractivity contribution in [2.24, 2.45) is 7.05 Å². The molecule has 0 radical (unpaired) electrons. The molecule has 0 amide bonds. The summed E-state index contributed by atoms with van der Waals surface area (Å²) in [6.45, 7) is 1.76. The first-order valence-electron chi connectivity index (χ1n) is 5.95. The summed E-state index contributed by atoms with van der Waals surface area (Å²) in [6, 6.07) is 3.17. The van der Waals surface area contributed by atoms with Crippen LogP contribution in [0.25, 0.3) is 11.1 Å². The molecular weight excluding hydrogens is 287 g/mol. The Hall–Kier alpha value is -2.58. The molecule has 0 aliphatic rings. The Morgan fingerprint density at radius 1 is 1.24 bits per heavy atom. The maximum atomic E-state index is 12.6. The van der Waals surface area contributed by atoms with Gasteiger partial charge < -0.3 is 8.98 Å². The van der Waals surface area contributed by atoms with E-state index in [-0.39, 0.29) is 17.1 Å². The number of hydrogen-bond acceptors (Lipinski definition) is 5. The van der Waals surface area contributed by atoms with Crippen molar-refractivity contribution in [2.45, 2.75) is 13.1 Å². The molecule has 110 valence electrons. The molecule has 2 heterocycles. The zero-order valence-corrected chi connectivity index (χ0v) is 11.1. The second kappa shape index (κ2) is 4.47. The minimum Gasteiger partial charge on any atom is -0.423 e. The molecule has 0 atom stereocenters. The van der Waals surface area contributed by atoms with Crippen LogP contribution in [0.1, 0.15) is 11.4 Å². The van der Waals surface area contributed by atoms with Gasteiger partial charge in [-0.05, 0) is 25.1 Å². The van der Waals surface area contributed by atoms with E-state index in [4.69, 9.17) is 4.42 Å². The normalized spacial score (nSPS) is 12.0. The second-order valence-corrected chi connectivity index (χ2v) is 4.45. The van der Waals surface area contributed by atoms with Crippen LogP contribution >= 0.6 is 0 Å². The molecule has 0 unspecified atom stereocenters. The van der Waals surface area contributed by atoms with E-state index in [2.05, 4.69) is 20.5 Å². The molecule has 0 saturated heterocycles. The van der Waals surface area contributed by atoms with E-state index >= 15 is 0 Å². The lowest BCUT2D eigenvalue weighted by Crippen LogP contribution is -2.04. The molecule has 21 heavy (non-hydrogen) atoms. The van der Waals surface area contributed by atoms with Crippen LogP contribution in [0.3, 0.4) is 0 Å². The molecule has 0 bridgehead atoms. The fraction of sp³-hybridized carbons (Fsp3) is 0.250. The lowest BCUT2D eigenvalue weighted by Gasteiger charge is -2.04. The Morgan fingerprint density at radius 3 is 2.62 bits per heavy atom. The first kappa shape index (κ1) is 13.4. The van der Waals surface area contributed by atoms with Gasteiger partial charge in [0.2, 0.25) is 5.95 Å². The van der Waals surface area contributed by atoms with Gasteiger partial charge >= 0.3 is 12.2 Å². The van der Waals surface area contributed by atoms with Gasteiger partial charge in [-0.15, -0.1) is 10.2 Å². The van der Waals surface area contributed by atoms with Gasteiger partial charge in [0, 0.05) is 7.05 Å². The number of nitrogens with zero attached hydrogens (tertiary/aromatic N) is 4. The average Bonchev–Trinajstić information content (AvgIpc) is 2.94. The minimum absolute atomic E-state index is 0.0554. The molecule has 9 heteroatoms. The number of halogens is 3. The Bertz CT molecular complexity index is 805. The highest BCUT2D eigenvalue weighted by molar-refractivity contribution is 5.76. The Labute approximate surface area is 116 Å². The van der Waals surface area contributed by atoms with Crippen LogP contribution in [0.4, 0.5) is 25.1 Å². The van der Waals surface area contributed by atoms with E-state index in [0.29, 0.717) is 11.8 Å². The summed E-state index contributed by atoms with van der Waals surface area (Å²) >= 11 is 0. The van der Waals surface area contributed by atoms with E-state index in [1.807, 2.05) is 0 Å². The summed E-state index contributed by atoms with van der Waals surface area (Å²) in [5.41, 5.74) is -0.403. The summed E-state index contributed by atoms with van der Waals surface area (Å²) in [5.74, 6) is 1.06. The summed E-state index contributed by atoms with van der Waals surface area (Å²) in [4.78, 5) is 3.97. The lowest BCUT2D eigenvalue weighted by molar-refractivity contribution is -0.137. The van der Waals surface area contributed by atoms with Gasteiger partial charge in [-0.2, -0.15) is 18.2 Å². The SMILES string of the molecule is Cc1nnc(Nc2nc3cc(C(F)(F)F)ccc3o2)n1C. The predicted molar refractivity (Wildman–Crippen MR) is 68.0 cm³/mol. The fourth-order valence-corrected chi connectivity index (χ4v) is 1.77. The molecule has 3 aromatic rings. The zero-order valence-electron chi connectivity index (χ0n) is 11.1. The summed E-state index contributed by atoms with van der Waals surface area (Å²) < 4.78 is 44.9. The van der Waals surface area contributed by atoms with Crippen LogP contribution in [0, 0.1) is 6.92 Å². The van der Waals surface area contributed by atoms with Gasteiger partial charge in [-0.25, -0.2) is 0 Å². The van der Waals surface area contributed by atoms with E-state index in [1.54, 1.807) is 18.5 Å². The number of aryl methyl sites for hydroxylation is 1.